The second-order valence-corrected chi connectivity index (χ2v) is 7.17. The first kappa shape index (κ1) is 15.4. The van der Waals surface area contributed by atoms with Gasteiger partial charge < -0.3 is 4.90 Å². The molecule has 1 fully saturated rings. The van der Waals surface area contributed by atoms with E-state index in [1.165, 1.54) is 16.2 Å². The number of carbonyl (C=O) groups excluding carboxylic acids is 3. The molecule has 5 nitrogen and oxygen atoms in total. The van der Waals surface area contributed by atoms with Crippen molar-refractivity contribution in [3.8, 4) is 0 Å². The van der Waals surface area contributed by atoms with Crippen molar-refractivity contribution in [2.45, 2.75) is 12.5 Å². The van der Waals surface area contributed by atoms with Gasteiger partial charge >= 0.3 is 0 Å². The number of carbonyl (C=O) groups is 3. The summed E-state index contributed by atoms with van der Waals surface area (Å²) in [5, 5.41) is 2.14. The number of amides is 3. The maximum Gasteiger partial charge on any atom is 0.263 e. The summed E-state index contributed by atoms with van der Waals surface area (Å²) in [6.07, 6.45) is 0.584. The van der Waals surface area contributed by atoms with Gasteiger partial charge in [0.1, 0.15) is 0 Å². The lowest BCUT2D eigenvalue weighted by molar-refractivity contribution is 0.0575. The number of imide groups is 1. The molecule has 1 aromatic carbocycles. The van der Waals surface area contributed by atoms with E-state index in [0.29, 0.717) is 30.0 Å². The lowest BCUT2D eigenvalue weighted by atomic mass is 10.1. The molecule has 0 aliphatic carbocycles. The van der Waals surface area contributed by atoms with E-state index < -0.39 is 0 Å². The predicted molar refractivity (Wildman–Crippen MR) is 90.6 cm³/mol. The van der Waals surface area contributed by atoms with Gasteiger partial charge in [-0.25, -0.2) is 0 Å². The molecule has 0 radical (unpaired) electrons. The molecule has 4 rings (SSSR count). The zero-order chi connectivity index (χ0) is 16.8. The van der Waals surface area contributed by atoms with Crippen molar-refractivity contribution < 1.29 is 14.4 Å². The fraction of sp³-hybridized carbons (Fsp3) is 0.235. The van der Waals surface area contributed by atoms with Crippen LogP contribution < -0.4 is 0 Å². The van der Waals surface area contributed by atoms with E-state index in [4.69, 9.17) is 11.6 Å². The van der Waals surface area contributed by atoms with Crippen molar-refractivity contribution in [1.82, 2.24) is 9.80 Å². The Hall–Kier alpha value is -2.18. The highest BCUT2D eigenvalue weighted by Gasteiger charge is 2.44. The first-order valence-electron chi connectivity index (χ1n) is 7.57. The molecule has 2 aromatic rings. The maximum atomic E-state index is 12.6. The van der Waals surface area contributed by atoms with Crippen LogP contribution in [0.3, 0.4) is 0 Å². The maximum absolute atomic E-state index is 12.6. The molecule has 1 unspecified atom stereocenters. The minimum atomic E-state index is -0.365. The van der Waals surface area contributed by atoms with Crippen LogP contribution in [-0.2, 0) is 0 Å². The van der Waals surface area contributed by atoms with E-state index in [1.54, 1.807) is 29.2 Å². The van der Waals surface area contributed by atoms with Crippen molar-refractivity contribution in [1.29, 1.82) is 0 Å². The predicted octanol–water partition coefficient (Wildman–Crippen LogP) is 2.91. The number of rotatable bonds is 2. The van der Waals surface area contributed by atoms with Gasteiger partial charge in [0, 0.05) is 13.1 Å². The number of nitrogens with zero attached hydrogens (tertiary/aromatic N) is 2. The Bertz CT molecular complexity index is 850. The second-order valence-electron chi connectivity index (χ2n) is 5.81. The van der Waals surface area contributed by atoms with Crippen LogP contribution in [0.4, 0.5) is 0 Å². The minimum absolute atomic E-state index is 0.0536. The second kappa shape index (κ2) is 5.72. The first-order chi connectivity index (χ1) is 11.6. The topological polar surface area (TPSA) is 57.7 Å². The number of hydrogen-bond acceptors (Lipinski definition) is 4. The standard InChI is InChI=1S/C17H13ClN2O3S/c18-12-4-1-3-11-14(12)17(23)20(15(11)21)10-6-7-19(9-10)16(22)13-5-2-8-24-13/h1-5,8,10H,6-7,9H2. The largest absolute Gasteiger partial charge is 0.336 e. The fourth-order valence-electron chi connectivity index (χ4n) is 3.29. The van der Waals surface area contributed by atoms with Gasteiger partial charge in [0.15, 0.2) is 0 Å². The smallest absolute Gasteiger partial charge is 0.263 e. The zero-order valence-corrected chi connectivity index (χ0v) is 14.1. The number of benzene rings is 1. The van der Waals surface area contributed by atoms with Gasteiger partial charge in [-0.15, -0.1) is 11.3 Å². The van der Waals surface area contributed by atoms with Crippen LogP contribution >= 0.6 is 22.9 Å². The number of likely N-dealkylation sites (tertiary alicyclic amines) is 1. The highest BCUT2D eigenvalue weighted by molar-refractivity contribution is 7.12. The number of thiophene rings is 1. The molecular formula is C17H13ClN2O3S. The van der Waals surface area contributed by atoms with Gasteiger partial charge in [0.25, 0.3) is 17.7 Å². The summed E-state index contributed by atoms with van der Waals surface area (Å²) in [7, 11) is 0. The Morgan fingerprint density at radius 3 is 2.71 bits per heavy atom. The lowest BCUT2D eigenvalue weighted by Gasteiger charge is -2.22. The molecule has 2 aliphatic rings. The quantitative estimate of drug-likeness (QED) is 0.774. The van der Waals surface area contributed by atoms with E-state index in [-0.39, 0.29) is 34.3 Å². The van der Waals surface area contributed by atoms with E-state index >= 15 is 0 Å². The van der Waals surface area contributed by atoms with Crippen LogP contribution in [0.1, 0.15) is 36.8 Å². The van der Waals surface area contributed by atoms with Crippen LogP contribution in [0.5, 0.6) is 0 Å². The molecule has 122 valence electrons. The third-order valence-corrected chi connectivity index (χ3v) is 5.62. The third kappa shape index (κ3) is 2.25. The average molecular weight is 361 g/mol. The fourth-order valence-corrected chi connectivity index (χ4v) is 4.23. The molecular weight excluding hydrogens is 348 g/mol. The van der Waals surface area contributed by atoms with Gasteiger partial charge in [0.2, 0.25) is 0 Å². The average Bonchev–Trinajstić information content (AvgIpc) is 3.29. The molecule has 3 amide bonds. The van der Waals surface area contributed by atoms with E-state index in [2.05, 4.69) is 0 Å². The molecule has 0 saturated carbocycles. The highest BCUT2D eigenvalue weighted by atomic mass is 35.5. The van der Waals surface area contributed by atoms with Crippen LogP contribution in [0.25, 0.3) is 0 Å². The monoisotopic (exact) mass is 360 g/mol. The molecule has 1 aromatic heterocycles. The summed E-state index contributed by atoms with van der Waals surface area (Å²) >= 11 is 7.47. The van der Waals surface area contributed by atoms with Crippen molar-refractivity contribution in [2.24, 2.45) is 0 Å². The molecule has 0 spiro atoms. The summed E-state index contributed by atoms with van der Waals surface area (Å²) < 4.78 is 0. The molecule has 1 atom stereocenters. The highest BCUT2D eigenvalue weighted by Crippen LogP contribution is 2.32. The molecule has 0 N–H and O–H groups in total. The van der Waals surface area contributed by atoms with E-state index in [1.807, 2.05) is 11.4 Å². The van der Waals surface area contributed by atoms with Crippen molar-refractivity contribution in [3.63, 3.8) is 0 Å². The summed E-state index contributed by atoms with van der Waals surface area (Å²) in [6.45, 7) is 0.891. The summed E-state index contributed by atoms with van der Waals surface area (Å²) in [5.74, 6) is -0.744. The van der Waals surface area contributed by atoms with Gasteiger partial charge in [-0.05, 0) is 30.0 Å². The Balaban J connectivity index is 1.56. The van der Waals surface area contributed by atoms with Crippen molar-refractivity contribution in [3.05, 3.63) is 56.7 Å². The van der Waals surface area contributed by atoms with Gasteiger partial charge in [0.05, 0.1) is 27.1 Å². The minimum Gasteiger partial charge on any atom is -0.336 e. The van der Waals surface area contributed by atoms with Crippen molar-refractivity contribution in [2.75, 3.05) is 13.1 Å². The van der Waals surface area contributed by atoms with Crippen LogP contribution in [0.2, 0.25) is 5.02 Å². The number of halogens is 1. The van der Waals surface area contributed by atoms with E-state index in [9.17, 15) is 14.4 Å². The molecule has 2 aliphatic heterocycles. The third-order valence-electron chi connectivity index (χ3n) is 4.44. The number of hydrogen-bond donors (Lipinski definition) is 0. The molecule has 3 heterocycles. The summed E-state index contributed by atoms with van der Waals surface area (Å²) in [5.41, 5.74) is 0.614. The molecule has 1 saturated heterocycles. The first-order valence-corrected chi connectivity index (χ1v) is 8.83. The normalized spacial score (nSPS) is 20.0. The lowest BCUT2D eigenvalue weighted by Crippen LogP contribution is -2.42. The SMILES string of the molecule is O=C(c1cccs1)N1CCC(N2C(=O)c3cccc(Cl)c3C2=O)C1. The Morgan fingerprint density at radius 1 is 1.17 bits per heavy atom. The Morgan fingerprint density at radius 2 is 2.00 bits per heavy atom. The van der Waals surface area contributed by atoms with Crippen LogP contribution in [0.15, 0.2) is 35.7 Å². The zero-order valence-electron chi connectivity index (χ0n) is 12.6. The molecule has 24 heavy (non-hydrogen) atoms. The van der Waals surface area contributed by atoms with Gasteiger partial charge in [-0.2, -0.15) is 0 Å². The van der Waals surface area contributed by atoms with Crippen LogP contribution in [0, 0.1) is 0 Å². The molecule has 0 bridgehead atoms. The number of fused-ring (bicyclic) bond motifs is 1. The van der Waals surface area contributed by atoms with Gasteiger partial charge in [-0.1, -0.05) is 23.7 Å². The van der Waals surface area contributed by atoms with Crippen molar-refractivity contribution >= 4 is 40.7 Å². The van der Waals surface area contributed by atoms with Gasteiger partial charge in [-0.3, -0.25) is 19.3 Å². The summed E-state index contributed by atoms with van der Waals surface area (Å²) in [6, 6.07) is 8.19. The molecule has 7 heteroatoms. The van der Waals surface area contributed by atoms with Crippen LogP contribution in [-0.4, -0.2) is 46.7 Å². The summed E-state index contributed by atoms with van der Waals surface area (Å²) in [4.78, 5) is 41.3. The Labute approximate surface area is 147 Å². The van der Waals surface area contributed by atoms with E-state index in [0.717, 1.165) is 0 Å². The Kier molecular flexibility index (Phi) is 3.66.